The maximum atomic E-state index is 12.5. The third-order valence-electron chi connectivity index (χ3n) is 4.34. The molecule has 6 heteroatoms. The summed E-state index contributed by atoms with van der Waals surface area (Å²) in [6, 6.07) is 18.4. The van der Waals surface area contributed by atoms with Crippen molar-refractivity contribution in [2.24, 2.45) is 0 Å². The third-order valence-corrected chi connectivity index (χ3v) is 4.34. The van der Waals surface area contributed by atoms with Gasteiger partial charge in [0.05, 0.1) is 13.0 Å². The van der Waals surface area contributed by atoms with Gasteiger partial charge in [-0.3, -0.25) is 9.59 Å². The Balaban J connectivity index is 1.68. The molecule has 1 N–H and O–H groups in total. The molecule has 2 aromatic carbocycles. The van der Waals surface area contributed by atoms with Gasteiger partial charge in [0.15, 0.2) is 5.76 Å². The lowest BCUT2D eigenvalue weighted by molar-refractivity contribution is -0.142. The molecule has 6 nitrogen and oxygen atoms in total. The first-order valence-electron chi connectivity index (χ1n) is 9.39. The van der Waals surface area contributed by atoms with E-state index >= 15 is 0 Å². The average Bonchev–Trinajstić information content (AvgIpc) is 3.19. The Bertz CT molecular complexity index is 990. The van der Waals surface area contributed by atoms with E-state index in [-0.39, 0.29) is 24.1 Å². The van der Waals surface area contributed by atoms with Crippen LogP contribution in [0.4, 0.5) is 11.4 Å². The van der Waals surface area contributed by atoms with Gasteiger partial charge in [-0.15, -0.1) is 0 Å². The largest absolute Gasteiger partial charge is 0.466 e. The molecule has 29 heavy (non-hydrogen) atoms. The van der Waals surface area contributed by atoms with Gasteiger partial charge < -0.3 is 19.4 Å². The summed E-state index contributed by atoms with van der Waals surface area (Å²) < 4.78 is 10.7. The molecule has 0 aliphatic carbocycles. The first-order valence-corrected chi connectivity index (χ1v) is 9.39. The normalized spacial score (nSPS) is 10.4. The molecule has 1 aromatic heterocycles. The van der Waals surface area contributed by atoms with Gasteiger partial charge in [0.1, 0.15) is 5.76 Å². The minimum atomic E-state index is -0.352. The zero-order chi connectivity index (χ0) is 20.8. The number of hydrogen-bond donors (Lipinski definition) is 1. The van der Waals surface area contributed by atoms with Gasteiger partial charge in [-0.05, 0) is 61.0 Å². The van der Waals surface area contributed by atoms with Crippen LogP contribution in [0.25, 0.3) is 11.3 Å². The minimum Gasteiger partial charge on any atom is -0.466 e. The molecule has 0 spiro atoms. The lowest BCUT2D eigenvalue weighted by atomic mass is 10.1. The van der Waals surface area contributed by atoms with Crippen molar-refractivity contribution in [3.05, 3.63) is 72.0 Å². The van der Waals surface area contributed by atoms with E-state index in [4.69, 9.17) is 9.15 Å². The van der Waals surface area contributed by atoms with E-state index in [1.165, 1.54) is 0 Å². The van der Waals surface area contributed by atoms with Gasteiger partial charge in [-0.1, -0.05) is 12.1 Å². The van der Waals surface area contributed by atoms with Gasteiger partial charge in [-0.25, -0.2) is 0 Å². The Labute approximate surface area is 170 Å². The number of rotatable bonds is 7. The number of nitrogens with zero attached hydrogens (tertiary/aromatic N) is 1. The molecule has 0 aliphatic heterocycles. The fourth-order valence-corrected chi connectivity index (χ4v) is 2.87. The first-order chi connectivity index (χ1) is 14.0. The summed E-state index contributed by atoms with van der Waals surface area (Å²) in [7, 11) is 3.96. The van der Waals surface area contributed by atoms with Gasteiger partial charge in [0.25, 0.3) is 5.91 Å². The fraction of sp³-hybridized carbons (Fsp3) is 0.217. The van der Waals surface area contributed by atoms with Crippen molar-refractivity contribution in [1.82, 2.24) is 0 Å². The van der Waals surface area contributed by atoms with Crippen LogP contribution in [0.3, 0.4) is 0 Å². The zero-order valence-electron chi connectivity index (χ0n) is 16.8. The second kappa shape index (κ2) is 9.10. The van der Waals surface area contributed by atoms with Crippen LogP contribution in [-0.2, 0) is 16.0 Å². The van der Waals surface area contributed by atoms with Crippen LogP contribution in [0.2, 0.25) is 0 Å². The van der Waals surface area contributed by atoms with Crippen LogP contribution in [0.1, 0.15) is 23.0 Å². The standard InChI is InChI=1S/C23H24N2O4/c1-4-28-22(26)15-16-6-5-7-18(14-16)24-23(27)21-13-12-20(29-21)17-8-10-19(11-9-17)25(2)3/h5-14H,4,15H2,1-3H3,(H,24,27). The summed E-state index contributed by atoms with van der Waals surface area (Å²) in [6.07, 6.45) is 0.158. The average molecular weight is 392 g/mol. The van der Waals surface area contributed by atoms with Crippen molar-refractivity contribution >= 4 is 23.3 Å². The molecule has 0 aliphatic rings. The number of ether oxygens (including phenoxy) is 1. The van der Waals surface area contributed by atoms with Crippen LogP contribution in [-0.4, -0.2) is 32.6 Å². The van der Waals surface area contributed by atoms with Gasteiger partial charge >= 0.3 is 5.97 Å². The van der Waals surface area contributed by atoms with Crippen molar-refractivity contribution in [1.29, 1.82) is 0 Å². The summed E-state index contributed by atoms with van der Waals surface area (Å²) in [4.78, 5) is 26.2. The first kappa shape index (κ1) is 20.2. The lowest BCUT2D eigenvalue weighted by Crippen LogP contribution is -2.12. The number of carbonyl (C=O) groups is 2. The Morgan fingerprint density at radius 2 is 1.79 bits per heavy atom. The van der Waals surface area contributed by atoms with Crippen LogP contribution < -0.4 is 10.2 Å². The number of carbonyl (C=O) groups excluding carboxylic acids is 2. The SMILES string of the molecule is CCOC(=O)Cc1cccc(NC(=O)c2ccc(-c3ccc(N(C)C)cc3)o2)c1. The highest BCUT2D eigenvalue weighted by Gasteiger charge is 2.13. The summed E-state index contributed by atoms with van der Waals surface area (Å²) in [5.74, 6) is 0.186. The highest BCUT2D eigenvalue weighted by molar-refractivity contribution is 6.02. The van der Waals surface area contributed by atoms with E-state index < -0.39 is 0 Å². The number of nitrogens with one attached hydrogen (secondary N) is 1. The quantitative estimate of drug-likeness (QED) is 0.605. The molecule has 0 fully saturated rings. The molecule has 0 bridgehead atoms. The molecular weight excluding hydrogens is 368 g/mol. The zero-order valence-corrected chi connectivity index (χ0v) is 16.8. The molecule has 1 amide bonds. The van der Waals surface area contributed by atoms with Gasteiger partial charge in [-0.2, -0.15) is 0 Å². The number of anilines is 2. The molecule has 0 saturated heterocycles. The second-order valence-electron chi connectivity index (χ2n) is 6.74. The van der Waals surface area contributed by atoms with E-state index in [0.717, 1.165) is 16.8 Å². The predicted molar refractivity (Wildman–Crippen MR) is 113 cm³/mol. The van der Waals surface area contributed by atoms with E-state index in [0.29, 0.717) is 18.1 Å². The Hall–Kier alpha value is -3.54. The summed E-state index contributed by atoms with van der Waals surface area (Å²) in [6.45, 7) is 2.11. The predicted octanol–water partition coefficient (Wildman–Crippen LogP) is 4.37. The highest BCUT2D eigenvalue weighted by atomic mass is 16.5. The summed E-state index contributed by atoms with van der Waals surface area (Å²) in [5, 5.41) is 2.80. The Kier molecular flexibility index (Phi) is 6.34. The highest BCUT2D eigenvalue weighted by Crippen LogP contribution is 2.25. The summed E-state index contributed by atoms with van der Waals surface area (Å²) >= 11 is 0. The van der Waals surface area contributed by atoms with Crippen molar-refractivity contribution < 1.29 is 18.7 Å². The molecule has 0 saturated carbocycles. The molecule has 3 aromatic rings. The molecule has 1 heterocycles. The minimum absolute atomic E-state index is 0.158. The number of amides is 1. The molecule has 0 unspecified atom stereocenters. The number of hydrogen-bond acceptors (Lipinski definition) is 5. The maximum Gasteiger partial charge on any atom is 0.310 e. The second-order valence-corrected chi connectivity index (χ2v) is 6.74. The Morgan fingerprint density at radius 3 is 2.48 bits per heavy atom. The van der Waals surface area contributed by atoms with Crippen LogP contribution in [0.15, 0.2) is 65.1 Å². The maximum absolute atomic E-state index is 12.5. The monoisotopic (exact) mass is 392 g/mol. The lowest BCUT2D eigenvalue weighted by Gasteiger charge is -2.12. The van der Waals surface area contributed by atoms with E-state index in [1.54, 1.807) is 37.3 Å². The van der Waals surface area contributed by atoms with Crippen molar-refractivity contribution in [3.63, 3.8) is 0 Å². The van der Waals surface area contributed by atoms with Crippen LogP contribution in [0, 0.1) is 0 Å². The van der Waals surface area contributed by atoms with Crippen molar-refractivity contribution in [2.75, 3.05) is 30.9 Å². The van der Waals surface area contributed by atoms with E-state index in [2.05, 4.69) is 5.32 Å². The third kappa shape index (κ3) is 5.25. The number of furan rings is 1. The smallest absolute Gasteiger partial charge is 0.310 e. The van der Waals surface area contributed by atoms with Crippen molar-refractivity contribution in [3.8, 4) is 11.3 Å². The van der Waals surface area contributed by atoms with Gasteiger partial charge in [0.2, 0.25) is 0 Å². The number of benzene rings is 2. The van der Waals surface area contributed by atoms with Crippen LogP contribution in [0.5, 0.6) is 0 Å². The Morgan fingerprint density at radius 1 is 1.03 bits per heavy atom. The van der Waals surface area contributed by atoms with Crippen LogP contribution >= 0.6 is 0 Å². The molecule has 150 valence electrons. The van der Waals surface area contributed by atoms with E-state index in [9.17, 15) is 9.59 Å². The molecule has 3 rings (SSSR count). The molecular formula is C23H24N2O4. The number of esters is 1. The topological polar surface area (TPSA) is 71.8 Å². The summed E-state index contributed by atoms with van der Waals surface area (Å²) in [5.41, 5.74) is 3.33. The van der Waals surface area contributed by atoms with Crippen molar-refractivity contribution in [2.45, 2.75) is 13.3 Å². The van der Waals surface area contributed by atoms with E-state index in [1.807, 2.05) is 49.3 Å². The molecule has 0 atom stereocenters. The van der Waals surface area contributed by atoms with Gasteiger partial charge in [0, 0.05) is 31.0 Å². The fourth-order valence-electron chi connectivity index (χ4n) is 2.87. The molecule has 0 radical (unpaired) electrons.